The molecule has 0 aliphatic rings. The number of amides is 1. The Labute approximate surface area is 126 Å². The van der Waals surface area contributed by atoms with Gasteiger partial charge in [0.25, 0.3) is 0 Å². The van der Waals surface area contributed by atoms with Gasteiger partial charge in [-0.25, -0.2) is 4.79 Å². The number of carbonyl (C=O) groups is 1. The van der Waals surface area contributed by atoms with Crippen LogP contribution in [0, 0.1) is 0 Å². The molecule has 0 rings (SSSR count). The number of nitrogens with one attached hydrogen (secondary N) is 1. The third-order valence-corrected chi connectivity index (χ3v) is 5.89. The molecule has 108 valence electrons. The predicted molar refractivity (Wildman–Crippen MR) is 86.6 cm³/mol. The molecule has 0 saturated carbocycles. The molecule has 1 amide bonds. The van der Waals surface area contributed by atoms with Crippen molar-refractivity contribution in [1.82, 2.24) is 5.32 Å². The van der Waals surface area contributed by atoms with Gasteiger partial charge in [0, 0.05) is 22.5 Å². The van der Waals surface area contributed by atoms with E-state index >= 15 is 0 Å². The van der Waals surface area contributed by atoms with E-state index in [1.165, 1.54) is 12.2 Å². The average Bonchev–Trinajstić information content (AvgIpc) is 2.37. The van der Waals surface area contributed by atoms with Gasteiger partial charge in [-0.05, 0) is 12.2 Å². The van der Waals surface area contributed by atoms with Crippen LogP contribution < -0.4 is 5.32 Å². The Morgan fingerprint density at radius 3 is 2.56 bits per heavy atom. The quantitative estimate of drug-likeness (QED) is 0.421. The van der Waals surface area contributed by atoms with Crippen LogP contribution in [-0.4, -0.2) is 51.3 Å². The molecule has 0 bridgehead atoms. The van der Waals surface area contributed by atoms with Gasteiger partial charge in [-0.3, -0.25) is 0 Å². The van der Waals surface area contributed by atoms with Gasteiger partial charge >= 0.3 is 6.09 Å². The maximum Gasteiger partial charge on any atom is 0.408 e. The van der Waals surface area contributed by atoms with E-state index in [1.54, 1.807) is 0 Å². The van der Waals surface area contributed by atoms with Crippen LogP contribution in [0.2, 0.25) is 0 Å². The van der Waals surface area contributed by atoms with Crippen molar-refractivity contribution in [3.63, 3.8) is 0 Å². The molecule has 0 aromatic carbocycles. The molecule has 0 aliphatic carbocycles. The predicted octanol–water partition coefficient (Wildman–Crippen LogP) is 2.88. The molecule has 0 atom stereocenters. The number of aliphatic hydroxyl groups excluding tert-OH is 1. The van der Waals surface area contributed by atoms with Crippen molar-refractivity contribution in [2.75, 3.05) is 40.1 Å². The monoisotopic (exact) mass is 331 g/mol. The summed E-state index contributed by atoms with van der Waals surface area (Å²) in [5, 5.41) is 13.3. The normalized spacial score (nSPS) is 10.3. The highest BCUT2D eigenvalue weighted by Crippen LogP contribution is 2.17. The van der Waals surface area contributed by atoms with Crippen molar-refractivity contribution in [2.24, 2.45) is 0 Å². The molecule has 0 heterocycles. The van der Waals surface area contributed by atoms with Crippen LogP contribution in [0.1, 0.15) is 13.3 Å². The molecule has 0 aromatic rings. The summed E-state index contributed by atoms with van der Waals surface area (Å²) in [5.74, 6) is 2.29. The largest absolute Gasteiger partial charge is 0.438 e. The van der Waals surface area contributed by atoms with Crippen LogP contribution >= 0.6 is 47.0 Å². The number of thioether (sulfide) groups is 4. The van der Waals surface area contributed by atoms with Gasteiger partial charge in [0.05, 0.1) is 5.94 Å². The van der Waals surface area contributed by atoms with Crippen molar-refractivity contribution in [3.8, 4) is 0 Å². The number of aliphatic hydroxyl groups is 1. The van der Waals surface area contributed by atoms with E-state index in [9.17, 15) is 4.79 Å². The van der Waals surface area contributed by atoms with Gasteiger partial charge in [0.1, 0.15) is 5.94 Å². The Bertz CT molecular complexity index is 198. The molecule has 2 N–H and O–H groups in total. The fourth-order valence-corrected chi connectivity index (χ4v) is 4.39. The van der Waals surface area contributed by atoms with E-state index in [0.717, 1.165) is 27.7 Å². The van der Waals surface area contributed by atoms with E-state index in [4.69, 9.17) is 9.84 Å². The van der Waals surface area contributed by atoms with Crippen molar-refractivity contribution in [1.29, 1.82) is 0 Å². The number of rotatable bonds is 12. The first kappa shape index (κ1) is 18.6. The molecule has 0 fully saturated rings. The maximum absolute atomic E-state index is 11.1. The first-order chi connectivity index (χ1) is 8.81. The summed E-state index contributed by atoms with van der Waals surface area (Å²) in [7, 11) is 0. The van der Waals surface area contributed by atoms with Crippen molar-refractivity contribution in [3.05, 3.63) is 0 Å². The zero-order valence-corrected chi connectivity index (χ0v) is 13.8. The molecule has 0 radical (unpaired) electrons. The number of carbonyl (C=O) groups excluding carboxylic acids is 1. The van der Waals surface area contributed by atoms with Gasteiger partial charge in [-0.1, -0.05) is 18.7 Å². The lowest BCUT2D eigenvalue weighted by Crippen LogP contribution is -2.26. The SMILES string of the molecule is CCCSCSCSCCNC(=O)OCSCO. The maximum atomic E-state index is 11.1. The smallest absolute Gasteiger partial charge is 0.408 e. The van der Waals surface area contributed by atoms with E-state index in [1.807, 2.05) is 35.3 Å². The highest BCUT2D eigenvalue weighted by Gasteiger charge is 2.00. The first-order valence-electron chi connectivity index (χ1n) is 5.63. The summed E-state index contributed by atoms with van der Waals surface area (Å²) in [6.45, 7) is 2.81. The molecule has 0 aromatic heterocycles. The van der Waals surface area contributed by atoms with Gasteiger partial charge in [-0.15, -0.1) is 23.5 Å². The second-order valence-electron chi connectivity index (χ2n) is 3.07. The zero-order chi connectivity index (χ0) is 13.5. The highest BCUT2D eigenvalue weighted by atomic mass is 32.2. The minimum atomic E-state index is -0.414. The second-order valence-corrected chi connectivity index (χ2v) is 7.89. The van der Waals surface area contributed by atoms with E-state index in [-0.39, 0.29) is 11.9 Å². The zero-order valence-electron chi connectivity index (χ0n) is 10.6. The van der Waals surface area contributed by atoms with E-state index < -0.39 is 6.09 Å². The minimum absolute atomic E-state index is 0.0314. The summed E-state index contributed by atoms with van der Waals surface area (Å²) < 4.78 is 4.79. The van der Waals surface area contributed by atoms with Crippen molar-refractivity contribution >= 4 is 53.1 Å². The van der Waals surface area contributed by atoms with Gasteiger partial charge in [0.15, 0.2) is 0 Å². The molecule has 0 unspecified atom stereocenters. The van der Waals surface area contributed by atoms with E-state index in [0.29, 0.717) is 6.54 Å². The van der Waals surface area contributed by atoms with Crippen molar-refractivity contribution in [2.45, 2.75) is 13.3 Å². The standard InChI is InChI=1S/C10H21NO3S4/c1-2-4-15-8-18-9-16-5-3-11-10(13)14-7-17-6-12/h12H,2-9H2,1H3,(H,11,13). The highest BCUT2D eigenvalue weighted by molar-refractivity contribution is 8.22. The Morgan fingerprint density at radius 1 is 1.17 bits per heavy atom. The van der Waals surface area contributed by atoms with Crippen LogP contribution in [0.3, 0.4) is 0 Å². The van der Waals surface area contributed by atoms with E-state index in [2.05, 4.69) is 12.2 Å². The molecular weight excluding hydrogens is 310 g/mol. The lowest BCUT2D eigenvalue weighted by Gasteiger charge is -2.05. The first-order valence-corrected chi connectivity index (χ1v) is 10.3. The molecule has 0 aliphatic heterocycles. The number of alkyl carbamates (subject to hydrolysis) is 1. The molecular formula is C10H21NO3S4. The summed E-state index contributed by atoms with van der Waals surface area (Å²) in [6, 6.07) is 0. The molecule has 0 spiro atoms. The summed E-state index contributed by atoms with van der Waals surface area (Å²) in [5.41, 5.74) is 0. The van der Waals surface area contributed by atoms with Gasteiger partial charge < -0.3 is 15.2 Å². The van der Waals surface area contributed by atoms with Crippen molar-refractivity contribution < 1.29 is 14.6 Å². The van der Waals surface area contributed by atoms with Crippen LogP contribution in [0.5, 0.6) is 0 Å². The Balaban J connectivity index is 3.08. The molecule has 18 heavy (non-hydrogen) atoms. The number of hydrogen-bond acceptors (Lipinski definition) is 7. The van der Waals surface area contributed by atoms with Gasteiger partial charge in [-0.2, -0.15) is 11.8 Å². The van der Waals surface area contributed by atoms with Gasteiger partial charge in [0.2, 0.25) is 0 Å². The molecule has 4 nitrogen and oxygen atoms in total. The van der Waals surface area contributed by atoms with Crippen LogP contribution in [0.25, 0.3) is 0 Å². The van der Waals surface area contributed by atoms with Crippen LogP contribution in [0.15, 0.2) is 0 Å². The molecule has 8 heteroatoms. The lowest BCUT2D eigenvalue weighted by molar-refractivity contribution is 0.166. The minimum Gasteiger partial charge on any atom is -0.438 e. The van der Waals surface area contributed by atoms with Crippen LogP contribution in [0.4, 0.5) is 4.79 Å². The fourth-order valence-electron chi connectivity index (χ4n) is 0.823. The third kappa shape index (κ3) is 14.7. The Kier molecular flexibility index (Phi) is 16.2. The summed E-state index contributed by atoms with van der Waals surface area (Å²) >= 11 is 6.86. The summed E-state index contributed by atoms with van der Waals surface area (Å²) in [4.78, 5) is 11.1. The Morgan fingerprint density at radius 2 is 1.89 bits per heavy atom. The summed E-state index contributed by atoms with van der Waals surface area (Å²) in [6.07, 6.45) is 0.821. The second kappa shape index (κ2) is 15.7. The number of hydrogen-bond donors (Lipinski definition) is 2. The lowest BCUT2D eigenvalue weighted by atomic mass is 10.6. The molecule has 0 saturated heterocycles. The average molecular weight is 332 g/mol. The topological polar surface area (TPSA) is 58.6 Å². The Hall–Kier alpha value is 0.630. The fraction of sp³-hybridized carbons (Fsp3) is 0.900. The number of ether oxygens (including phenoxy) is 1. The van der Waals surface area contributed by atoms with Crippen LogP contribution in [-0.2, 0) is 4.74 Å². The third-order valence-electron chi connectivity index (χ3n) is 1.56.